The summed E-state index contributed by atoms with van der Waals surface area (Å²) in [6, 6.07) is 11.0. The van der Waals surface area contributed by atoms with Crippen LogP contribution in [0.5, 0.6) is 0 Å². The van der Waals surface area contributed by atoms with Gasteiger partial charge in [0.1, 0.15) is 11.8 Å². The van der Waals surface area contributed by atoms with E-state index in [1.807, 2.05) is 18.2 Å². The van der Waals surface area contributed by atoms with Crippen molar-refractivity contribution in [2.75, 3.05) is 12.4 Å². The summed E-state index contributed by atoms with van der Waals surface area (Å²) in [5.41, 5.74) is 1.26. The Labute approximate surface area is 150 Å². The van der Waals surface area contributed by atoms with E-state index in [2.05, 4.69) is 4.98 Å². The molecule has 0 bridgehead atoms. The molecular formula is C18H18ClNO3S. The lowest BCUT2D eigenvalue weighted by Crippen LogP contribution is -2.10. The zero-order valence-corrected chi connectivity index (χ0v) is 14.7. The predicted molar refractivity (Wildman–Crippen MR) is 94.5 cm³/mol. The van der Waals surface area contributed by atoms with Crippen LogP contribution >= 0.6 is 23.4 Å². The summed E-state index contributed by atoms with van der Waals surface area (Å²) in [6.07, 6.45) is 4.07. The Kier molecular flexibility index (Phi) is 6.12. The van der Waals surface area contributed by atoms with E-state index in [0.29, 0.717) is 16.3 Å². The number of pyridine rings is 1. The minimum Gasteiger partial charge on any atom is -0.457 e. The second-order valence-electron chi connectivity index (χ2n) is 5.47. The largest absolute Gasteiger partial charge is 0.457 e. The minimum absolute atomic E-state index is 0.107. The van der Waals surface area contributed by atoms with E-state index in [1.54, 1.807) is 36.2 Å². The molecule has 6 heteroatoms. The number of hydrogen-bond donors (Lipinski definition) is 0. The van der Waals surface area contributed by atoms with Crippen LogP contribution in [0.15, 0.2) is 47.5 Å². The first-order chi connectivity index (χ1) is 11.7. The third-order valence-electron chi connectivity index (χ3n) is 3.75. The quantitative estimate of drug-likeness (QED) is 0.433. The highest BCUT2D eigenvalue weighted by molar-refractivity contribution is 7.99. The summed E-state index contributed by atoms with van der Waals surface area (Å²) < 4.78 is 11.0. The first-order valence-electron chi connectivity index (χ1n) is 7.84. The van der Waals surface area contributed by atoms with E-state index in [4.69, 9.17) is 21.1 Å². The normalized spacial score (nSPS) is 17.0. The van der Waals surface area contributed by atoms with Gasteiger partial charge in [-0.2, -0.15) is 0 Å². The molecule has 24 heavy (non-hydrogen) atoms. The highest BCUT2D eigenvalue weighted by Gasteiger charge is 2.18. The number of hydrogen-bond acceptors (Lipinski definition) is 5. The molecular weight excluding hydrogens is 346 g/mol. The molecule has 1 aliphatic rings. The summed E-state index contributed by atoms with van der Waals surface area (Å²) in [5, 5.41) is 0.353. The molecule has 1 fully saturated rings. The molecule has 3 rings (SSSR count). The number of rotatable bonds is 6. The Morgan fingerprint density at radius 3 is 3.00 bits per heavy atom. The average molecular weight is 364 g/mol. The van der Waals surface area contributed by atoms with Crippen LogP contribution in [0, 0.1) is 0 Å². The Balaban J connectivity index is 1.62. The zero-order chi connectivity index (χ0) is 16.8. The van der Waals surface area contributed by atoms with E-state index in [-0.39, 0.29) is 18.7 Å². The molecule has 0 aliphatic carbocycles. The molecule has 0 spiro atoms. The van der Waals surface area contributed by atoms with Crippen molar-refractivity contribution in [3.63, 3.8) is 0 Å². The van der Waals surface area contributed by atoms with Gasteiger partial charge in [-0.1, -0.05) is 29.8 Å². The molecule has 4 nitrogen and oxygen atoms in total. The van der Waals surface area contributed by atoms with Crippen LogP contribution < -0.4 is 0 Å². The lowest BCUT2D eigenvalue weighted by Gasteiger charge is -2.12. The zero-order valence-electron chi connectivity index (χ0n) is 13.1. The van der Waals surface area contributed by atoms with Gasteiger partial charge in [-0.15, -0.1) is 11.8 Å². The standard InChI is InChI=1S/C18H18ClNO3S/c19-17-13(5-3-9-20-17)11-23-18(21)15-7-1-2-8-16(15)24-12-14-6-4-10-22-14/h1-3,5,7-9,14H,4,6,10-12H2. The maximum atomic E-state index is 12.4. The van der Waals surface area contributed by atoms with Crippen LogP contribution in [0.2, 0.25) is 5.15 Å². The van der Waals surface area contributed by atoms with Crippen LogP contribution in [0.4, 0.5) is 0 Å². The van der Waals surface area contributed by atoms with E-state index in [9.17, 15) is 4.79 Å². The van der Waals surface area contributed by atoms with Gasteiger partial charge in [-0.3, -0.25) is 0 Å². The van der Waals surface area contributed by atoms with Crippen molar-refractivity contribution in [2.45, 2.75) is 30.4 Å². The van der Waals surface area contributed by atoms with Crippen molar-refractivity contribution in [3.05, 3.63) is 58.9 Å². The number of carbonyl (C=O) groups is 1. The third-order valence-corrected chi connectivity index (χ3v) is 5.30. The van der Waals surface area contributed by atoms with Crippen LogP contribution in [-0.4, -0.2) is 29.4 Å². The van der Waals surface area contributed by atoms with E-state index < -0.39 is 0 Å². The number of halogens is 1. The number of nitrogens with zero attached hydrogens (tertiary/aromatic N) is 1. The van der Waals surface area contributed by atoms with Gasteiger partial charge in [0, 0.05) is 29.0 Å². The van der Waals surface area contributed by atoms with E-state index >= 15 is 0 Å². The lowest BCUT2D eigenvalue weighted by molar-refractivity contribution is 0.0468. The first kappa shape index (κ1) is 17.3. The number of ether oxygens (including phenoxy) is 2. The molecule has 126 valence electrons. The van der Waals surface area contributed by atoms with Crippen LogP contribution in [0.1, 0.15) is 28.8 Å². The second kappa shape index (κ2) is 8.51. The third kappa shape index (κ3) is 4.50. The molecule has 0 saturated carbocycles. The maximum absolute atomic E-state index is 12.4. The van der Waals surface area contributed by atoms with E-state index in [0.717, 1.165) is 30.1 Å². The van der Waals surface area contributed by atoms with Crippen molar-refractivity contribution in [2.24, 2.45) is 0 Å². The van der Waals surface area contributed by atoms with Crippen LogP contribution in [0.3, 0.4) is 0 Å². The Bertz CT molecular complexity index is 704. The summed E-state index contributed by atoms with van der Waals surface area (Å²) in [4.78, 5) is 17.3. The summed E-state index contributed by atoms with van der Waals surface area (Å²) >= 11 is 7.62. The summed E-state index contributed by atoms with van der Waals surface area (Å²) in [5.74, 6) is 0.490. The molecule has 2 aromatic rings. The van der Waals surface area contributed by atoms with Crippen molar-refractivity contribution in [1.82, 2.24) is 4.98 Å². The monoisotopic (exact) mass is 363 g/mol. The molecule has 0 radical (unpaired) electrons. The first-order valence-corrected chi connectivity index (χ1v) is 9.20. The minimum atomic E-state index is -0.356. The molecule has 0 N–H and O–H groups in total. The van der Waals surface area contributed by atoms with Gasteiger partial charge in [0.25, 0.3) is 0 Å². The average Bonchev–Trinajstić information content (AvgIpc) is 3.13. The fraction of sp³-hybridized carbons (Fsp3) is 0.333. The smallest absolute Gasteiger partial charge is 0.339 e. The number of esters is 1. The van der Waals surface area contributed by atoms with Crippen molar-refractivity contribution in [1.29, 1.82) is 0 Å². The van der Waals surface area contributed by atoms with Crippen LogP contribution in [0.25, 0.3) is 0 Å². The van der Waals surface area contributed by atoms with Gasteiger partial charge < -0.3 is 9.47 Å². The fourth-order valence-electron chi connectivity index (χ4n) is 2.47. The van der Waals surface area contributed by atoms with Gasteiger partial charge in [-0.25, -0.2) is 9.78 Å². The van der Waals surface area contributed by atoms with Crippen molar-refractivity contribution < 1.29 is 14.3 Å². The summed E-state index contributed by atoms with van der Waals surface area (Å²) in [6.45, 7) is 0.941. The highest BCUT2D eigenvalue weighted by Crippen LogP contribution is 2.27. The van der Waals surface area contributed by atoms with Gasteiger partial charge >= 0.3 is 5.97 Å². The van der Waals surface area contributed by atoms with Gasteiger partial charge in [0.05, 0.1) is 11.7 Å². The van der Waals surface area contributed by atoms with E-state index in [1.165, 1.54) is 0 Å². The van der Waals surface area contributed by atoms with Crippen LogP contribution in [-0.2, 0) is 16.1 Å². The van der Waals surface area contributed by atoms with Crippen molar-refractivity contribution in [3.8, 4) is 0 Å². The second-order valence-corrected chi connectivity index (χ2v) is 6.89. The Morgan fingerprint density at radius 2 is 2.21 bits per heavy atom. The number of carbonyl (C=O) groups excluding carboxylic acids is 1. The van der Waals surface area contributed by atoms with Gasteiger partial charge in [0.15, 0.2) is 0 Å². The lowest BCUT2D eigenvalue weighted by atomic mass is 10.2. The summed E-state index contributed by atoms with van der Waals surface area (Å²) in [7, 11) is 0. The van der Waals surface area contributed by atoms with Crippen molar-refractivity contribution >= 4 is 29.3 Å². The predicted octanol–water partition coefficient (Wildman–Crippen LogP) is 4.36. The highest BCUT2D eigenvalue weighted by atomic mass is 35.5. The molecule has 1 saturated heterocycles. The Hall–Kier alpha value is -1.56. The number of thioether (sulfide) groups is 1. The molecule has 1 aromatic heterocycles. The molecule has 1 atom stereocenters. The number of benzene rings is 1. The molecule has 2 heterocycles. The fourth-order valence-corrected chi connectivity index (χ4v) is 3.75. The molecule has 1 aromatic carbocycles. The SMILES string of the molecule is O=C(OCc1cccnc1Cl)c1ccccc1SCC1CCCO1. The molecule has 1 aliphatic heterocycles. The van der Waals surface area contributed by atoms with Gasteiger partial charge in [-0.05, 0) is 31.0 Å². The molecule has 1 unspecified atom stereocenters. The number of aromatic nitrogens is 1. The molecule has 0 amide bonds. The topological polar surface area (TPSA) is 48.4 Å². The maximum Gasteiger partial charge on any atom is 0.339 e. The van der Waals surface area contributed by atoms with Gasteiger partial charge in [0.2, 0.25) is 0 Å². The Morgan fingerprint density at radius 1 is 1.33 bits per heavy atom.